The molecule has 0 aliphatic carbocycles. The van der Waals surface area contributed by atoms with Crippen molar-refractivity contribution in [2.24, 2.45) is 0 Å². The zero-order valence-electron chi connectivity index (χ0n) is 14.5. The number of amides is 1. The molecule has 4 rings (SSSR count). The number of aryl methyl sites for hydroxylation is 1. The first-order valence-corrected chi connectivity index (χ1v) is 8.40. The van der Waals surface area contributed by atoms with E-state index in [0.717, 1.165) is 16.5 Å². The average Bonchev–Trinajstić information content (AvgIpc) is 3.08. The van der Waals surface area contributed by atoms with Gasteiger partial charge in [-0.1, -0.05) is 47.6 Å². The highest BCUT2D eigenvalue weighted by atomic mass is 16.5. The molecule has 2 aromatic carbocycles. The van der Waals surface area contributed by atoms with Gasteiger partial charge in [0.25, 0.3) is 5.56 Å². The van der Waals surface area contributed by atoms with E-state index in [4.69, 9.17) is 4.52 Å². The van der Waals surface area contributed by atoms with E-state index in [0.29, 0.717) is 22.7 Å². The molecule has 27 heavy (non-hydrogen) atoms. The van der Waals surface area contributed by atoms with Crippen molar-refractivity contribution in [3.63, 3.8) is 0 Å². The number of nitrogens with zero attached hydrogens (tertiary/aromatic N) is 2. The van der Waals surface area contributed by atoms with Gasteiger partial charge in [-0.3, -0.25) is 9.59 Å². The lowest BCUT2D eigenvalue weighted by Gasteiger charge is -2.06. The van der Waals surface area contributed by atoms with Crippen molar-refractivity contribution >= 4 is 22.5 Å². The van der Waals surface area contributed by atoms with E-state index >= 15 is 0 Å². The third-order valence-electron chi connectivity index (χ3n) is 4.18. The number of nitrogens with one attached hydrogen (secondary N) is 2. The number of hydrogen-bond acceptors (Lipinski definition) is 5. The number of hydrogen-bond donors (Lipinski definition) is 2. The van der Waals surface area contributed by atoms with Gasteiger partial charge < -0.3 is 9.84 Å². The van der Waals surface area contributed by atoms with E-state index in [1.807, 2.05) is 42.5 Å². The topological polar surface area (TPSA) is 101 Å². The van der Waals surface area contributed by atoms with Gasteiger partial charge in [-0.05, 0) is 18.6 Å². The second-order valence-electron chi connectivity index (χ2n) is 6.19. The van der Waals surface area contributed by atoms with Crippen molar-refractivity contribution in [3.8, 4) is 11.3 Å². The van der Waals surface area contributed by atoms with Crippen LogP contribution in [-0.2, 0) is 11.2 Å². The molecule has 0 saturated heterocycles. The minimum atomic E-state index is -0.217. The molecule has 0 saturated carbocycles. The van der Waals surface area contributed by atoms with Gasteiger partial charge in [-0.2, -0.15) is 5.10 Å². The molecule has 7 heteroatoms. The predicted octanol–water partition coefficient (Wildman–Crippen LogP) is 3.07. The normalized spacial score (nSPS) is 10.9. The number of H-pyrrole nitrogens is 1. The molecular weight excluding hydrogens is 344 g/mol. The van der Waals surface area contributed by atoms with E-state index in [1.165, 1.54) is 0 Å². The second-order valence-corrected chi connectivity index (χ2v) is 6.19. The van der Waals surface area contributed by atoms with E-state index in [1.54, 1.807) is 19.1 Å². The first-order valence-electron chi connectivity index (χ1n) is 8.40. The van der Waals surface area contributed by atoms with Crippen LogP contribution in [0.25, 0.3) is 22.0 Å². The largest absolute Gasteiger partial charge is 0.360 e. The van der Waals surface area contributed by atoms with Crippen molar-refractivity contribution < 1.29 is 9.32 Å². The highest BCUT2D eigenvalue weighted by molar-refractivity contribution is 5.94. The minimum absolute atomic E-state index is 0.177. The number of anilines is 1. The molecule has 4 aromatic rings. The summed E-state index contributed by atoms with van der Waals surface area (Å²) in [5, 5.41) is 14.5. The van der Waals surface area contributed by atoms with Crippen LogP contribution in [0.15, 0.2) is 63.9 Å². The fourth-order valence-electron chi connectivity index (χ4n) is 2.91. The van der Waals surface area contributed by atoms with Gasteiger partial charge >= 0.3 is 0 Å². The number of benzene rings is 2. The van der Waals surface area contributed by atoms with Crippen molar-refractivity contribution in [1.82, 2.24) is 15.4 Å². The molecule has 0 radical (unpaired) electrons. The quantitative estimate of drug-likeness (QED) is 0.582. The highest BCUT2D eigenvalue weighted by Gasteiger charge is 2.10. The Labute approximate surface area is 154 Å². The number of fused-ring (bicyclic) bond motifs is 1. The van der Waals surface area contributed by atoms with Crippen molar-refractivity contribution in [2.75, 3.05) is 5.32 Å². The van der Waals surface area contributed by atoms with Gasteiger partial charge in [-0.15, -0.1) is 0 Å². The van der Waals surface area contributed by atoms with Crippen LogP contribution in [0, 0.1) is 6.92 Å². The van der Waals surface area contributed by atoms with Crippen LogP contribution in [0.1, 0.15) is 11.3 Å². The predicted molar refractivity (Wildman–Crippen MR) is 101 cm³/mol. The fourth-order valence-corrected chi connectivity index (χ4v) is 2.91. The minimum Gasteiger partial charge on any atom is -0.360 e. The van der Waals surface area contributed by atoms with Crippen LogP contribution in [0.4, 0.5) is 5.82 Å². The molecule has 0 fully saturated rings. The third kappa shape index (κ3) is 3.48. The summed E-state index contributed by atoms with van der Waals surface area (Å²) in [5.74, 6) is 0.858. The molecule has 2 heterocycles. The summed E-state index contributed by atoms with van der Waals surface area (Å²) < 4.78 is 4.93. The smallest absolute Gasteiger partial charge is 0.272 e. The zero-order valence-corrected chi connectivity index (χ0v) is 14.5. The monoisotopic (exact) mass is 360 g/mol. The van der Waals surface area contributed by atoms with E-state index in [9.17, 15) is 9.59 Å². The summed E-state index contributed by atoms with van der Waals surface area (Å²) in [5.41, 5.74) is 2.19. The van der Waals surface area contributed by atoms with E-state index in [2.05, 4.69) is 20.7 Å². The summed E-state index contributed by atoms with van der Waals surface area (Å²) in [7, 11) is 0. The van der Waals surface area contributed by atoms with Gasteiger partial charge in [-0.25, -0.2) is 5.10 Å². The molecule has 0 unspecified atom stereocenters. The Balaban J connectivity index is 1.55. The van der Waals surface area contributed by atoms with Gasteiger partial charge in [0.05, 0.1) is 17.5 Å². The lowest BCUT2D eigenvalue weighted by atomic mass is 10.0. The summed E-state index contributed by atoms with van der Waals surface area (Å²) >= 11 is 0. The Morgan fingerprint density at radius 3 is 2.56 bits per heavy atom. The lowest BCUT2D eigenvalue weighted by Crippen LogP contribution is -2.14. The average molecular weight is 360 g/mol. The molecule has 2 aromatic heterocycles. The maximum atomic E-state index is 12.1. The summed E-state index contributed by atoms with van der Waals surface area (Å²) in [6.45, 7) is 1.76. The Hall–Kier alpha value is -3.74. The van der Waals surface area contributed by atoms with Gasteiger partial charge in [0.15, 0.2) is 5.82 Å². The van der Waals surface area contributed by atoms with Crippen LogP contribution in [0.2, 0.25) is 0 Å². The maximum absolute atomic E-state index is 12.1. The van der Waals surface area contributed by atoms with Crippen LogP contribution >= 0.6 is 0 Å². The Morgan fingerprint density at radius 2 is 1.85 bits per heavy atom. The molecule has 7 nitrogen and oxygen atoms in total. The molecule has 0 aliphatic rings. The first-order chi connectivity index (χ1) is 13.1. The van der Waals surface area contributed by atoms with E-state index in [-0.39, 0.29) is 17.9 Å². The Kier molecular flexibility index (Phi) is 4.25. The summed E-state index contributed by atoms with van der Waals surface area (Å²) in [6, 6.07) is 16.5. The van der Waals surface area contributed by atoms with Crippen LogP contribution in [0.3, 0.4) is 0 Å². The second kappa shape index (κ2) is 6.87. The molecule has 0 aliphatic heterocycles. The molecule has 134 valence electrons. The van der Waals surface area contributed by atoms with Crippen molar-refractivity contribution in [3.05, 3.63) is 76.3 Å². The van der Waals surface area contributed by atoms with Crippen LogP contribution < -0.4 is 10.9 Å². The van der Waals surface area contributed by atoms with E-state index < -0.39 is 0 Å². The molecule has 0 atom stereocenters. The first kappa shape index (κ1) is 16.7. The van der Waals surface area contributed by atoms with Crippen molar-refractivity contribution in [2.45, 2.75) is 13.3 Å². The maximum Gasteiger partial charge on any atom is 0.272 e. The van der Waals surface area contributed by atoms with Crippen LogP contribution in [0.5, 0.6) is 0 Å². The molecule has 1 amide bonds. The van der Waals surface area contributed by atoms with Crippen molar-refractivity contribution in [1.29, 1.82) is 0 Å². The zero-order chi connectivity index (χ0) is 18.8. The summed E-state index contributed by atoms with van der Waals surface area (Å²) in [4.78, 5) is 24.0. The summed E-state index contributed by atoms with van der Waals surface area (Å²) in [6.07, 6.45) is 0.214. The number of aromatic amines is 1. The molecule has 0 spiro atoms. The fraction of sp³-hybridized carbons (Fsp3) is 0.100. The van der Waals surface area contributed by atoms with Crippen LogP contribution in [-0.4, -0.2) is 21.3 Å². The molecule has 2 N–H and O–H groups in total. The van der Waals surface area contributed by atoms with Gasteiger partial charge in [0.1, 0.15) is 5.76 Å². The Morgan fingerprint density at radius 1 is 1.11 bits per heavy atom. The number of carbonyl (C=O) groups excluding carboxylic acids is 1. The third-order valence-corrected chi connectivity index (χ3v) is 4.18. The standard InChI is InChI=1S/C20H16N4O3/c1-12-10-17(24-27-12)21-18(25)11-13-6-8-14(9-7-13)19-15-4-2-3-5-16(15)20(26)23-22-19/h2-10H,11H2,1H3,(H,23,26)(H,21,24,25). The number of rotatable bonds is 4. The molecular formula is C20H16N4O3. The highest BCUT2D eigenvalue weighted by Crippen LogP contribution is 2.24. The number of carbonyl (C=O) groups is 1. The SMILES string of the molecule is Cc1cc(NC(=O)Cc2ccc(-c3n[nH]c(=O)c4ccccc34)cc2)no1. The Bertz CT molecular complexity index is 1180. The molecule has 0 bridgehead atoms. The van der Waals surface area contributed by atoms with Gasteiger partial charge in [0, 0.05) is 17.0 Å². The number of aromatic nitrogens is 3. The lowest BCUT2D eigenvalue weighted by molar-refractivity contribution is -0.115. The van der Waals surface area contributed by atoms with Gasteiger partial charge in [0.2, 0.25) is 5.91 Å².